The van der Waals surface area contributed by atoms with E-state index < -0.39 is 0 Å². The van der Waals surface area contributed by atoms with Gasteiger partial charge in [0.2, 0.25) is 0 Å². The zero-order valence-corrected chi connectivity index (χ0v) is 12.5. The number of nitrogens with one attached hydrogen (secondary N) is 1. The van der Waals surface area contributed by atoms with Crippen molar-refractivity contribution in [1.82, 2.24) is 4.90 Å². The number of thioether (sulfide) groups is 1. The molecule has 1 saturated heterocycles. The number of rotatable bonds is 5. The van der Waals surface area contributed by atoms with Crippen molar-refractivity contribution in [3.8, 4) is 0 Å². The molecule has 5 nitrogen and oxygen atoms in total. The molecule has 0 spiro atoms. The van der Waals surface area contributed by atoms with Gasteiger partial charge in [-0.25, -0.2) is 4.79 Å². The van der Waals surface area contributed by atoms with Crippen LogP contribution in [0.4, 0.5) is 11.4 Å². The van der Waals surface area contributed by atoms with Gasteiger partial charge in [0.15, 0.2) is 0 Å². The number of esters is 1. The summed E-state index contributed by atoms with van der Waals surface area (Å²) < 4.78 is 4.78. The average Bonchev–Trinajstić information content (AvgIpc) is 2.49. The predicted octanol–water partition coefficient (Wildman–Crippen LogP) is 1.52. The highest BCUT2D eigenvalue weighted by molar-refractivity contribution is 7.99. The zero-order valence-electron chi connectivity index (χ0n) is 11.7. The highest BCUT2D eigenvalue weighted by Crippen LogP contribution is 2.19. The molecule has 1 heterocycles. The molecule has 20 heavy (non-hydrogen) atoms. The van der Waals surface area contributed by atoms with Gasteiger partial charge in [-0.1, -0.05) is 0 Å². The number of carbonyl (C=O) groups excluding carboxylic acids is 1. The highest BCUT2D eigenvalue weighted by Gasteiger charge is 2.13. The summed E-state index contributed by atoms with van der Waals surface area (Å²) >= 11 is 2.00. The molecule has 110 valence electrons. The summed E-state index contributed by atoms with van der Waals surface area (Å²) in [5.74, 6) is 2.04. The molecule has 2 rings (SSSR count). The molecule has 1 aromatic carbocycles. The van der Waals surface area contributed by atoms with E-state index in [0.717, 1.165) is 31.9 Å². The second-order valence-corrected chi connectivity index (χ2v) is 5.90. The van der Waals surface area contributed by atoms with Crippen LogP contribution in [-0.4, -0.2) is 55.7 Å². The number of nitrogens with zero attached hydrogens (tertiary/aromatic N) is 1. The van der Waals surface area contributed by atoms with E-state index in [2.05, 4.69) is 10.2 Å². The number of methoxy groups -OCH3 is 1. The molecule has 0 aromatic heterocycles. The maximum absolute atomic E-state index is 11.7. The lowest BCUT2D eigenvalue weighted by molar-refractivity contribution is 0.0602. The first-order chi connectivity index (χ1) is 9.70. The van der Waals surface area contributed by atoms with Gasteiger partial charge in [-0.2, -0.15) is 11.8 Å². The van der Waals surface area contributed by atoms with E-state index in [1.54, 1.807) is 12.1 Å². The number of anilines is 2. The number of hydrogen-bond acceptors (Lipinski definition) is 6. The van der Waals surface area contributed by atoms with Crippen LogP contribution in [0.2, 0.25) is 0 Å². The second kappa shape index (κ2) is 7.40. The lowest BCUT2D eigenvalue weighted by Gasteiger charge is -2.26. The molecule has 0 amide bonds. The molecule has 1 aromatic rings. The van der Waals surface area contributed by atoms with Crippen molar-refractivity contribution in [3.63, 3.8) is 0 Å². The minimum Gasteiger partial charge on any atom is -0.465 e. The summed E-state index contributed by atoms with van der Waals surface area (Å²) in [5.41, 5.74) is 7.54. The van der Waals surface area contributed by atoms with Crippen LogP contribution in [0.3, 0.4) is 0 Å². The monoisotopic (exact) mass is 295 g/mol. The fourth-order valence-corrected chi connectivity index (χ4v) is 3.15. The molecule has 0 unspecified atom stereocenters. The number of hydrogen-bond donors (Lipinski definition) is 2. The molecule has 0 saturated carbocycles. The molecule has 1 aliphatic rings. The van der Waals surface area contributed by atoms with Crippen molar-refractivity contribution >= 4 is 29.1 Å². The maximum Gasteiger partial charge on any atom is 0.340 e. The Morgan fingerprint density at radius 1 is 1.45 bits per heavy atom. The van der Waals surface area contributed by atoms with E-state index in [-0.39, 0.29) is 5.97 Å². The van der Waals surface area contributed by atoms with Crippen molar-refractivity contribution in [1.29, 1.82) is 0 Å². The molecule has 6 heteroatoms. The second-order valence-electron chi connectivity index (χ2n) is 4.68. The Bertz CT molecular complexity index is 462. The molecule has 0 bridgehead atoms. The number of ether oxygens (including phenoxy) is 1. The van der Waals surface area contributed by atoms with Crippen LogP contribution in [0.25, 0.3) is 0 Å². The van der Waals surface area contributed by atoms with Crippen LogP contribution in [-0.2, 0) is 4.74 Å². The zero-order chi connectivity index (χ0) is 14.4. The number of benzene rings is 1. The van der Waals surface area contributed by atoms with Crippen molar-refractivity contribution in [3.05, 3.63) is 23.8 Å². The summed E-state index contributed by atoms with van der Waals surface area (Å²) in [7, 11) is 1.38. The topological polar surface area (TPSA) is 67.6 Å². The Morgan fingerprint density at radius 3 is 2.90 bits per heavy atom. The van der Waals surface area contributed by atoms with Crippen LogP contribution < -0.4 is 11.1 Å². The quantitative estimate of drug-likeness (QED) is 0.634. The van der Waals surface area contributed by atoms with Gasteiger partial charge >= 0.3 is 5.97 Å². The summed E-state index contributed by atoms with van der Waals surface area (Å²) in [4.78, 5) is 14.1. The number of carbonyl (C=O) groups is 1. The van der Waals surface area contributed by atoms with Gasteiger partial charge in [0.1, 0.15) is 0 Å². The molecule has 0 aliphatic carbocycles. The standard InChI is InChI=1S/C14H21N3O2S/c1-19-14(18)12-10-11(15)2-3-13(12)16-4-5-17-6-8-20-9-7-17/h2-3,10,16H,4-9,15H2,1H3. The van der Waals surface area contributed by atoms with E-state index in [1.807, 2.05) is 17.8 Å². The Morgan fingerprint density at radius 2 is 2.20 bits per heavy atom. The number of nitrogen functional groups attached to an aromatic ring is 1. The molecule has 3 N–H and O–H groups in total. The number of nitrogens with two attached hydrogens (primary N) is 1. The van der Waals surface area contributed by atoms with E-state index in [4.69, 9.17) is 10.5 Å². The summed E-state index contributed by atoms with van der Waals surface area (Å²) in [5, 5.41) is 3.30. The van der Waals surface area contributed by atoms with Crippen LogP contribution in [0, 0.1) is 0 Å². The molecule has 0 atom stereocenters. The lowest BCUT2D eigenvalue weighted by atomic mass is 10.1. The van der Waals surface area contributed by atoms with Crippen LogP contribution in [0.15, 0.2) is 18.2 Å². The largest absolute Gasteiger partial charge is 0.465 e. The smallest absolute Gasteiger partial charge is 0.340 e. The van der Waals surface area contributed by atoms with E-state index in [1.165, 1.54) is 18.6 Å². The Kier molecular flexibility index (Phi) is 5.55. The third kappa shape index (κ3) is 4.05. The summed E-state index contributed by atoms with van der Waals surface area (Å²) in [6.07, 6.45) is 0. The first kappa shape index (κ1) is 15.0. The Balaban J connectivity index is 1.92. The minimum atomic E-state index is -0.367. The highest BCUT2D eigenvalue weighted by atomic mass is 32.2. The molecular weight excluding hydrogens is 274 g/mol. The van der Waals surface area contributed by atoms with Crippen LogP contribution >= 0.6 is 11.8 Å². The fourth-order valence-electron chi connectivity index (χ4n) is 2.17. The first-order valence-corrected chi connectivity index (χ1v) is 7.88. The molecule has 1 aliphatic heterocycles. The lowest BCUT2D eigenvalue weighted by Crippen LogP contribution is -2.36. The Labute approximate surface area is 123 Å². The van der Waals surface area contributed by atoms with E-state index in [9.17, 15) is 4.79 Å². The van der Waals surface area contributed by atoms with Crippen LogP contribution in [0.5, 0.6) is 0 Å². The normalized spacial score (nSPS) is 15.8. The van der Waals surface area contributed by atoms with Gasteiger partial charge in [-0.3, -0.25) is 4.90 Å². The third-order valence-electron chi connectivity index (χ3n) is 3.30. The molecule has 1 fully saturated rings. The Hall–Kier alpha value is -1.40. The van der Waals surface area contributed by atoms with Crippen molar-refractivity contribution in [2.24, 2.45) is 0 Å². The molecule has 0 radical (unpaired) electrons. The maximum atomic E-state index is 11.7. The summed E-state index contributed by atoms with van der Waals surface area (Å²) in [6, 6.07) is 5.26. The fraction of sp³-hybridized carbons (Fsp3) is 0.500. The van der Waals surface area contributed by atoms with Crippen LogP contribution in [0.1, 0.15) is 10.4 Å². The third-order valence-corrected chi connectivity index (χ3v) is 4.24. The van der Waals surface area contributed by atoms with Crippen molar-refractivity contribution < 1.29 is 9.53 Å². The van der Waals surface area contributed by atoms with Gasteiger partial charge in [-0.05, 0) is 18.2 Å². The van der Waals surface area contributed by atoms with E-state index >= 15 is 0 Å². The molecular formula is C14H21N3O2S. The van der Waals surface area contributed by atoms with Gasteiger partial charge in [0.05, 0.1) is 12.7 Å². The van der Waals surface area contributed by atoms with Gasteiger partial charge < -0.3 is 15.8 Å². The SMILES string of the molecule is COC(=O)c1cc(N)ccc1NCCN1CCSCC1. The predicted molar refractivity (Wildman–Crippen MR) is 84.4 cm³/mol. The van der Waals surface area contributed by atoms with Crippen molar-refractivity contribution in [2.75, 3.05) is 55.8 Å². The van der Waals surface area contributed by atoms with E-state index in [0.29, 0.717) is 11.3 Å². The van der Waals surface area contributed by atoms with Gasteiger partial charge in [0.25, 0.3) is 0 Å². The minimum absolute atomic E-state index is 0.367. The van der Waals surface area contributed by atoms with Gasteiger partial charge in [-0.15, -0.1) is 0 Å². The van der Waals surface area contributed by atoms with Gasteiger partial charge in [0, 0.05) is 49.1 Å². The average molecular weight is 295 g/mol. The first-order valence-electron chi connectivity index (χ1n) is 6.72. The van der Waals surface area contributed by atoms with Crippen molar-refractivity contribution in [2.45, 2.75) is 0 Å². The summed E-state index contributed by atoms with van der Waals surface area (Å²) in [6.45, 7) is 4.06.